The molecule has 0 aliphatic rings. The van der Waals surface area contributed by atoms with Gasteiger partial charge in [-0.25, -0.2) is 4.39 Å². The maximum absolute atomic E-state index is 13.2. The van der Waals surface area contributed by atoms with E-state index in [2.05, 4.69) is 0 Å². The molecule has 0 N–H and O–H groups in total. The third kappa shape index (κ3) is 3.75. The Morgan fingerprint density at radius 2 is 1.91 bits per heavy atom. The molecule has 0 bridgehead atoms. The van der Waals surface area contributed by atoms with Crippen molar-refractivity contribution in [3.8, 4) is 11.5 Å². The van der Waals surface area contributed by atoms with E-state index in [1.54, 1.807) is 30.3 Å². The van der Waals surface area contributed by atoms with Gasteiger partial charge in [-0.15, -0.1) is 0 Å². The van der Waals surface area contributed by atoms with Gasteiger partial charge in [0.1, 0.15) is 29.8 Å². The molecule has 22 heavy (non-hydrogen) atoms. The maximum atomic E-state index is 13.2. The van der Waals surface area contributed by atoms with E-state index in [-0.39, 0.29) is 6.61 Å². The monoisotopic (exact) mass is 304 g/mol. The lowest BCUT2D eigenvalue weighted by Crippen LogP contribution is -2.22. The van der Waals surface area contributed by atoms with Crippen LogP contribution < -0.4 is 9.47 Å². The first-order valence-corrected chi connectivity index (χ1v) is 6.74. The molecule has 0 aliphatic carbocycles. The van der Waals surface area contributed by atoms with Crippen LogP contribution in [0.4, 0.5) is 4.39 Å². The smallest absolute Gasteiger partial charge is 0.316 e. The number of benzene rings is 2. The Morgan fingerprint density at radius 3 is 2.59 bits per heavy atom. The molecule has 0 fully saturated rings. The Hall–Kier alpha value is -2.56. The van der Waals surface area contributed by atoms with E-state index >= 15 is 0 Å². The molecule has 1 atom stereocenters. The van der Waals surface area contributed by atoms with Crippen molar-refractivity contribution >= 4 is 5.97 Å². The van der Waals surface area contributed by atoms with Crippen LogP contribution in [-0.4, -0.2) is 26.8 Å². The van der Waals surface area contributed by atoms with Crippen molar-refractivity contribution in [1.82, 2.24) is 0 Å². The molecule has 1 unspecified atom stereocenters. The Morgan fingerprint density at radius 1 is 1.14 bits per heavy atom. The normalized spacial score (nSPS) is 11.6. The summed E-state index contributed by atoms with van der Waals surface area (Å²) in [6, 6.07) is 12.9. The van der Waals surface area contributed by atoms with E-state index in [0.29, 0.717) is 17.1 Å². The Labute approximate surface area is 128 Å². The molecule has 2 rings (SSSR count). The summed E-state index contributed by atoms with van der Waals surface area (Å²) in [5.74, 6) is -0.584. The summed E-state index contributed by atoms with van der Waals surface area (Å²) in [5, 5.41) is 0. The minimum absolute atomic E-state index is 0.0243. The molecule has 0 aliphatic heterocycles. The average molecular weight is 304 g/mol. The van der Waals surface area contributed by atoms with Gasteiger partial charge in [0, 0.05) is 11.6 Å². The van der Waals surface area contributed by atoms with E-state index in [4.69, 9.17) is 14.2 Å². The first-order chi connectivity index (χ1) is 10.7. The minimum Gasteiger partial charge on any atom is -0.496 e. The summed E-state index contributed by atoms with van der Waals surface area (Å²) >= 11 is 0. The molecule has 0 amide bonds. The van der Waals surface area contributed by atoms with E-state index < -0.39 is 17.7 Å². The van der Waals surface area contributed by atoms with Gasteiger partial charge in [-0.1, -0.05) is 24.3 Å². The second-order valence-corrected chi connectivity index (χ2v) is 4.59. The van der Waals surface area contributed by atoms with Crippen LogP contribution in [0.2, 0.25) is 0 Å². The third-order valence-electron chi connectivity index (χ3n) is 3.21. The van der Waals surface area contributed by atoms with Gasteiger partial charge in [0.25, 0.3) is 0 Å². The lowest BCUT2D eigenvalue weighted by atomic mass is 9.99. The van der Waals surface area contributed by atoms with Gasteiger partial charge >= 0.3 is 5.97 Å². The van der Waals surface area contributed by atoms with Crippen molar-refractivity contribution < 1.29 is 23.4 Å². The molecule has 0 saturated heterocycles. The fourth-order valence-electron chi connectivity index (χ4n) is 2.12. The van der Waals surface area contributed by atoms with E-state index in [1.807, 2.05) is 6.07 Å². The molecule has 0 saturated carbocycles. The van der Waals surface area contributed by atoms with E-state index in [9.17, 15) is 9.18 Å². The first kappa shape index (κ1) is 15.8. The number of hydrogen-bond donors (Lipinski definition) is 0. The summed E-state index contributed by atoms with van der Waals surface area (Å²) in [7, 11) is 2.84. The molecular formula is C17H17FO4. The molecule has 0 radical (unpaired) electrons. The van der Waals surface area contributed by atoms with Crippen LogP contribution >= 0.6 is 0 Å². The Bertz CT molecular complexity index is 642. The number of ether oxygens (including phenoxy) is 3. The standard InChI is InChI=1S/C17H17FO4/c1-20-16-9-4-3-8-14(16)15(17(19)21-2)11-22-13-7-5-6-12(18)10-13/h3-10,15H,11H2,1-2H3. The molecule has 2 aromatic carbocycles. The Kier molecular flexibility index (Phi) is 5.36. The van der Waals surface area contributed by atoms with Crippen LogP contribution in [0, 0.1) is 5.82 Å². The Balaban J connectivity index is 2.21. The lowest BCUT2D eigenvalue weighted by Gasteiger charge is -2.18. The summed E-state index contributed by atoms with van der Waals surface area (Å²) < 4.78 is 28.8. The molecule has 0 aromatic heterocycles. The van der Waals surface area contributed by atoms with Gasteiger partial charge in [0.15, 0.2) is 0 Å². The van der Waals surface area contributed by atoms with Crippen molar-refractivity contribution in [2.75, 3.05) is 20.8 Å². The largest absolute Gasteiger partial charge is 0.496 e. The second kappa shape index (κ2) is 7.45. The summed E-state index contributed by atoms with van der Waals surface area (Å²) in [4.78, 5) is 12.0. The van der Waals surface area contributed by atoms with Crippen molar-refractivity contribution in [2.45, 2.75) is 5.92 Å². The van der Waals surface area contributed by atoms with Crippen LogP contribution in [0.5, 0.6) is 11.5 Å². The average Bonchev–Trinajstić information content (AvgIpc) is 2.55. The van der Waals surface area contributed by atoms with E-state index in [1.165, 1.54) is 26.4 Å². The number of carbonyl (C=O) groups excluding carboxylic acids is 1. The summed E-state index contributed by atoms with van der Waals surface area (Å²) in [5.41, 5.74) is 0.660. The minimum atomic E-state index is -0.663. The van der Waals surface area contributed by atoms with Crippen LogP contribution in [0.1, 0.15) is 11.5 Å². The highest BCUT2D eigenvalue weighted by Crippen LogP contribution is 2.28. The van der Waals surface area contributed by atoms with Crippen molar-refractivity contribution in [2.24, 2.45) is 0 Å². The molecule has 5 heteroatoms. The predicted octanol–water partition coefficient (Wildman–Crippen LogP) is 3.17. The number of halogens is 1. The van der Waals surface area contributed by atoms with Crippen LogP contribution in [0.3, 0.4) is 0 Å². The number of hydrogen-bond acceptors (Lipinski definition) is 4. The predicted molar refractivity (Wildman–Crippen MR) is 79.6 cm³/mol. The van der Waals surface area contributed by atoms with Gasteiger partial charge in [0.2, 0.25) is 0 Å². The number of carbonyl (C=O) groups is 1. The highest BCUT2D eigenvalue weighted by Gasteiger charge is 2.25. The van der Waals surface area contributed by atoms with Gasteiger partial charge in [0.05, 0.1) is 14.2 Å². The SMILES string of the molecule is COC(=O)C(COc1cccc(F)c1)c1ccccc1OC. The zero-order chi connectivity index (χ0) is 15.9. The molecule has 0 spiro atoms. The summed E-state index contributed by atoms with van der Waals surface area (Å²) in [6.45, 7) is 0.0243. The maximum Gasteiger partial charge on any atom is 0.316 e. The zero-order valence-corrected chi connectivity index (χ0v) is 12.4. The van der Waals surface area contributed by atoms with Crippen molar-refractivity contribution in [3.63, 3.8) is 0 Å². The third-order valence-corrected chi connectivity index (χ3v) is 3.21. The quantitative estimate of drug-likeness (QED) is 0.769. The highest BCUT2D eigenvalue weighted by molar-refractivity contribution is 5.79. The molecule has 2 aromatic rings. The van der Waals surface area contributed by atoms with E-state index in [0.717, 1.165) is 0 Å². The fraction of sp³-hybridized carbons (Fsp3) is 0.235. The highest BCUT2D eigenvalue weighted by atomic mass is 19.1. The molecular weight excluding hydrogens is 287 g/mol. The van der Waals surface area contributed by atoms with Gasteiger partial charge < -0.3 is 14.2 Å². The van der Waals surface area contributed by atoms with Gasteiger partial charge in [-0.3, -0.25) is 4.79 Å². The van der Waals surface area contributed by atoms with Crippen LogP contribution in [-0.2, 0) is 9.53 Å². The number of esters is 1. The van der Waals surface area contributed by atoms with Gasteiger partial charge in [-0.2, -0.15) is 0 Å². The zero-order valence-electron chi connectivity index (χ0n) is 12.4. The molecule has 0 heterocycles. The fourth-order valence-corrected chi connectivity index (χ4v) is 2.12. The molecule has 116 valence electrons. The topological polar surface area (TPSA) is 44.8 Å². The number of rotatable bonds is 6. The number of methoxy groups -OCH3 is 2. The number of para-hydroxylation sites is 1. The second-order valence-electron chi connectivity index (χ2n) is 4.59. The van der Waals surface area contributed by atoms with Crippen LogP contribution in [0.15, 0.2) is 48.5 Å². The first-order valence-electron chi connectivity index (χ1n) is 6.74. The van der Waals surface area contributed by atoms with Crippen molar-refractivity contribution in [3.05, 3.63) is 59.9 Å². The van der Waals surface area contributed by atoms with Crippen molar-refractivity contribution in [1.29, 1.82) is 0 Å². The summed E-state index contributed by atoms with van der Waals surface area (Å²) in [6.07, 6.45) is 0. The van der Waals surface area contributed by atoms with Crippen LogP contribution in [0.25, 0.3) is 0 Å². The lowest BCUT2D eigenvalue weighted by molar-refractivity contribution is -0.143. The van der Waals surface area contributed by atoms with Gasteiger partial charge in [-0.05, 0) is 18.2 Å². The molecule has 4 nitrogen and oxygen atoms in total.